The van der Waals surface area contributed by atoms with Gasteiger partial charge in [-0.05, 0) is 42.2 Å². The highest BCUT2D eigenvalue weighted by Crippen LogP contribution is 2.27. The molecule has 0 spiro atoms. The zero-order valence-electron chi connectivity index (χ0n) is 17.5. The molecule has 2 aromatic carbocycles. The molecule has 3 rings (SSSR count). The van der Waals surface area contributed by atoms with Crippen molar-refractivity contribution in [3.8, 4) is 0 Å². The number of halogens is 2. The number of carbonyl (C=O) groups is 2. The van der Waals surface area contributed by atoms with Crippen LogP contribution in [0.4, 0.5) is 10.1 Å². The van der Waals surface area contributed by atoms with Crippen molar-refractivity contribution in [1.82, 2.24) is 9.80 Å². The average molecular weight is 432 g/mol. The molecule has 1 aliphatic heterocycles. The molecule has 1 heterocycles. The Morgan fingerprint density at radius 2 is 1.83 bits per heavy atom. The second-order valence-electron chi connectivity index (χ2n) is 7.93. The molecule has 30 heavy (non-hydrogen) atoms. The van der Waals surface area contributed by atoms with E-state index in [1.165, 1.54) is 18.2 Å². The highest BCUT2D eigenvalue weighted by atomic mass is 35.5. The largest absolute Gasteiger partial charge is 0.336 e. The van der Waals surface area contributed by atoms with Gasteiger partial charge in [-0.2, -0.15) is 0 Å². The van der Waals surface area contributed by atoms with Crippen LogP contribution in [-0.4, -0.2) is 54.3 Å². The number of nitrogens with zero attached hydrogens (tertiary/aromatic N) is 2. The standard InChI is InChI=1S/C23H27ClFN3O2/c1-15(2)18-6-4-5-16(3)22(18)26-21(29)14-27-9-11-28(12-10-27)23(30)19-13-17(24)7-8-20(19)25/h4-8,13,15H,9-12,14H2,1-3H3,(H,26,29). The van der Waals surface area contributed by atoms with Crippen LogP contribution in [0.25, 0.3) is 0 Å². The second-order valence-corrected chi connectivity index (χ2v) is 8.37. The van der Waals surface area contributed by atoms with Crippen LogP contribution in [0.2, 0.25) is 5.02 Å². The summed E-state index contributed by atoms with van der Waals surface area (Å²) >= 11 is 5.90. The van der Waals surface area contributed by atoms with Crippen molar-refractivity contribution in [2.24, 2.45) is 0 Å². The van der Waals surface area contributed by atoms with Crippen LogP contribution in [-0.2, 0) is 4.79 Å². The number of hydrogen-bond acceptors (Lipinski definition) is 3. The molecule has 1 aliphatic rings. The van der Waals surface area contributed by atoms with Gasteiger partial charge >= 0.3 is 0 Å². The molecular formula is C23H27ClFN3O2. The van der Waals surface area contributed by atoms with Crippen molar-refractivity contribution < 1.29 is 14.0 Å². The normalized spacial score (nSPS) is 14.8. The fourth-order valence-corrected chi connectivity index (χ4v) is 3.84. The van der Waals surface area contributed by atoms with Crippen LogP contribution in [0.1, 0.15) is 41.3 Å². The van der Waals surface area contributed by atoms with Crippen molar-refractivity contribution in [2.75, 3.05) is 38.0 Å². The Labute approximate surface area is 181 Å². The van der Waals surface area contributed by atoms with E-state index in [0.29, 0.717) is 37.1 Å². The van der Waals surface area contributed by atoms with Gasteiger partial charge in [0.2, 0.25) is 5.91 Å². The van der Waals surface area contributed by atoms with Crippen LogP contribution < -0.4 is 5.32 Å². The molecule has 0 unspecified atom stereocenters. The predicted octanol–water partition coefficient (Wildman–Crippen LogP) is 4.31. The Hall–Kier alpha value is -2.44. The molecule has 0 radical (unpaired) electrons. The smallest absolute Gasteiger partial charge is 0.256 e. The maximum atomic E-state index is 14.0. The first-order valence-electron chi connectivity index (χ1n) is 10.1. The van der Waals surface area contributed by atoms with Crippen LogP contribution >= 0.6 is 11.6 Å². The highest BCUT2D eigenvalue weighted by Gasteiger charge is 2.25. The maximum absolute atomic E-state index is 14.0. The molecule has 0 atom stereocenters. The second kappa shape index (κ2) is 9.58. The summed E-state index contributed by atoms with van der Waals surface area (Å²) in [5, 5.41) is 3.38. The Morgan fingerprint density at radius 1 is 1.13 bits per heavy atom. The monoisotopic (exact) mass is 431 g/mol. The molecule has 1 N–H and O–H groups in total. The fourth-order valence-electron chi connectivity index (χ4n) is 3.67. The molecule has 1 fully saturated rings. The molecule has 5 nitrogen and oxygen atoms in total. The number of nitrogens with one attached hydrogen (secondary N) is 1. The van der Waals surface area contributed by atoms with Gasteiger partial charge in [0.05, 0.1) is 12.1 Å². The molecule has 0 aromatic heterocycles. The number of aryl methyl sites for hydroxylation is 1. The van der Waals surface area contributed by atoms with E-state index in [4.69, 9.17) is 11.6 Å². The van der Waals surface area contributed by atoms with Gasteiger partial charge in [0, 0.05) is 36.9 Å². The number of rotatable bonds is 5. The number of anilines is 1. The van der Waals surface area contributed by atoms with Gasteiger partial charge in [0.15, 0.2) is 0 Å². The van der Waals surface area contributed by atoms with E-state index >= 15 is 0 Å². The van der Waals surface area contributed by atoms with Crippen LogP contribution in [0.15, 0.2) is 36.4 Å². The lowest BCUT2D eigenvalue weighted by Gasteiger charge is -2.34. The van der Waals surface area contributed by atoms with E-state index in [0.717, 1.165) is 16.8 Å². The number of para-hydroxylation sites is 1. The van der Waals surface area contributed by atoms with E-state index in [1.54, 1.807) is 4.90 Å². The summed E-state index contributed by atoms with van der Waals surface area (Å²) in [6.07, 6.45) is 0. The van der Waals surface area contributed by atoms with E-state index < -0.39 is 5.82 Å². The lowest BCUT2D eigenvalue weighted by molar-refractivity contribution is -0.117. The Balaban J connectivity index is 1.57. The number of amides is 2. The minimum atomic E-state index is -0.578. The molecule has 0 bridgehead atoms. The molecule has 1 saturated heterocycles. The number of carbonyl (C=O) groups excluding carboxylic acids is 2. The van der Waals surface area contributed by atoms with Gasteiger partial charge < -0.3 is 10.2 Å². The third-order valence-corrected chi connectivity index (χ3v) is 5.61. The molecule has 0 saturated carbocycles. The fraction of sp³-hybridized carbons (Fsp3) is 0.391. The number of benzene rings is 2. The first kappa shape index (κ1) is 22.2. The third-order valence-electron chi connectivity index (χ3n) is 5.38. The van der Waals surface area contributed by atoms with E-state index in [2.05, 4.69) is 19.2 Å². The van der Waals surface area contributed by atoms with Gasteiger partial charge in [-0.25, -0.2) is 4.39 Å². The molecular weight excluding hydrogens is 405 g/mol. The summed E-state index contributed by atoms with van der Waals surface area (Å²) < 4.78 is 14.0. The number of piperazine rings is 1. The van der Waals surface area contributed by atoms with Crippen molar-refractivity contribution >= 4 is 29.1 Å². The lowest BCUT2D eigenvalue weighted by atomic mass is 9.98. The van der Waals surface area contributed by atoms with Crippen molar-refractivity contribution in [1.29, 1.82) is 0 Å². The minimum Gasteiger partial charge on any atom is -0.336 e. The maximum Gasteiger partial charge on any atom is 0.256 e. The summed E-state index contributed by atoms with van der Waals surface area (Å²) in [5.41, 5.74) is 3.01. The Bertz CT molecular complexity index is 940. The van der Waals surface area contributed by atoms with E-state index in [1.807, 2.05) is 30.0 Å². The molecule has 2 amide bonds. The third kappa shape index (κ3) is 5.18. The Kier molecular flexibility index (Phi) is 7.10. The summed E-state index contributed by atoms with van der Waals surface area (Å²) in [7, 11) is 0. The molecule has 2 aromatic rings. The zero-order chi connectivity index (χ0) is 21.8. The van der Waals surface area contributed by atoms with Crippen molar-refractivity contribution in [2.45, 2.75) is 26.7 Å². The van der Waals surface area contributed by atoms with Gasteiger partial charge in [0.25, 0.3) is 5.91 Å². The number of hydrogen-bond donors (Lipinski definition) is 1. The van der Waals surface area contributed by atoms with Gasteiger partial charge in [-0.3, -0.25) is 14.5 Å². The molecule has 7 heteroatoms. The summed E-state index contributed by atoms with van der Waals surface area (Å²) in [6.45, 7) is 8.39. The minimum absolute atomic E-state index is 0.0190. The quantitative estimate of drug-likeness (QED) is 0.767. The summed E-state index contributed by atoms with van der Waals surface area (Å²) in [6, 6.07) is 10.00. The van der Waals surface area contributed by atoms with Crippen molar-refractivity contribution in [3.63, 3.8) is 0 Å². The first-order chi connectivity index (χ1) is 14.3. The van der Waals surface area contributed by atoms with Crippen LogP contribution in [0, 0.1) is 12.7 Å². The van der Waals surface area contributed by atoms with Gasteiger partial charge in [-0.15, -0.1) is 0 Å². The van der Waals surface area contributed by atoms with Crippen LogP contribution in [0.5, 0.6) is 0 Å². The average Bonchev–Trinajstić information content (AvgIpc) is 2.71. The van der Waals surface area contributed by atoms with E-state index in [9.17, 15) is 14.0 Å². The summed E-state index contributed by atoms with van der Waals surface area (Å²) in [4.78, 5) is 28.8. The van der Waals surface area contributed by atoms with Gasteiger partial charge in [0.1, 0.15) is 5.82 Å². The molecule has 0 aliphatic carbocycles. The topological polar surface area (TPSA) is 52.7 Å². The van der Waals surface area contributed by atoms with Gasteiger partial charge in [-0.1, -0.05) is 43.6 Å². The lowest BCUT2D eigenvalue weighted by Crippen LogP contribution is -2.50. The first-order valence-corrected chi connectivity index (χ1v) is 10.5. The zero-order valence-corrected chi connectivity index (χ0v) is 18.3. The van der Waals surface area contributed by atoms with Crippen molar-refractivity contribution in [3.05, 3.63) is 63.9 Å². The van der Waals surface area contributed by atoms with Crippen LogP contribution in [0.3, 0.4) is 0 Å². The highest BCUT2D eigenvalue weighted by molar-refractivity contribution is 6.31. The predicted molar refractivity (Wildman–Crippen MR) is 118 cm³/mol. The molecule has 160 valence electrons. The SMILES string of the molecule is Cc1cccc(C(C)C)c1NC(=O)CN1CCN(C(=O)c2cc(Cl)ccc2F)CC1. The Morgan fingerprint density at radius 3 is 2.50 bits per heavy atom. The van der Waals surface area contributed by atoms with E-state index in [-0.39, 0.29) is 23.9 Å². The summed E-state index contributed by atoms with van der Waals surface area (Å²) in [5.74, 6) is -0.723.